The number of hydrogen-bond acceptors (Lipinski definition) is 2. The van der Waals surface area contributed by atoms with Crippen LogP contribution in [0.4, 0.5) is 0 Å². The molecule has 0 bridgehead atoms. The van der Waals surface area contributed by atoms with Gasteiger partial charge in [-0.15, -0.1) is 0 Å². The number of fused-ring (bicyclic) bond motifs is 5. The minimum Gasteiger partial charge on any atom is -0.411 e. The summed E-state index contributed by atoms with van der Waals surface area (Å²) in [6.45, 7) is 5.03. The zero-order valence-electron chi connectivity index (χ0n) is 13.8. The topological polar surface area (TPSA) is 32.6 Å². The lowest BCUT2D eigenvalue weighted by molar-refractivity contribution is -0.0938. The molecule has 0 spiro atoms. The highest BCUT2D eigenvalue weighted by molar-refractivity contribution is 5.91. The van der Waals surface area contributed by atoms with Crippen molar-refractivity contribution < 1.29 is 5.21 Å². The van der Waals surface area contributed by atoms with Crippen molar-refractivity contribution in [1.29, 1.82) is 0 Å². The van der Waals surface area contributed by atoms with Crippen LogP contribution >= 0.6 is 0 Å². The van der Waals surface area contributed by atoms with Crippen molar-refractivity contribution in [3.05, 3.63) is 0 Å². The number of nitrogens with zero attached hydrogens (tertiary/aromatic N) is 1. The molecule has 21 heavy (non-hydrogen) atoms. The van der Waals surface area contributed by atoms with Crippen LogP contribution < -0.4 is 0 Å². The van der Waals surface area contributed by atoms with Gasteiger partial charge in [-0.05, 0) is 80.5 Å². The van der Waals surface area contributed by atoms with Gasteiger partial charge in [-0.25, -0.2) is 0 Å². The minimum atomic E-state index is 0.216. The fraction of sp³-hybridized carbons (Fsp3) is 0.947. The molecule has 1 N–H and O–H groups in total. The Morgan fingerprint density at radius 1 is 0.952 bits per heavy atom. The third-order valence-corrected chi connectivity index (χ3v) is 8.44. The minimum absolute atomic E-state index is 0.216. The highest BCUT2D eigenvalue weighted by atomic mass is 16.4. The first-order valence-electron chi connectivity index (χ1n) is 9.31. The average Bonchev–Trinajstić information content (AvgIpc) is 2.83. The molecular formula is C19H31NO. The summed E-state index contributed by atoms with van der Waals surface area (Å²) in [5.74, 6) is 3.65. The Morgan fingerprint density at radius 3 is 2.62 bits per heavy atom. The Balaban J connectivity index is 1.66. The van der Waals surface area contributed by atoms with Crippen LogP contribution in [-0.4, -0.2) is 10.9 Å². The van der Waals surface area contributed by atoms with Crippen molar-refractivity contribution in [3.8, 4) is 0 Å². The van der Waals surface area contributed by atoms with Gasteiger partial charge in [0.1, 0.15) is 0 Å². The van der Waals surface area contributed by atoms with E-state index in [1.165, 1.54) is 57.8 Å². The molecule has 4 fully saturated rings. The van der Waals surface area contributed by atoms with Crippen molar-refractivity contribution >= 4 is 5.71 Å². The molecular weight excluding hydrogens is 258 g/mol. The first-order valence-corrected chi connectivity index (χ1v) is 9.31. The third-order valence-electron chi connectivity index (χ3n) is 8.44. The van der Waals surface area contributed by atoms with E-state index in [1.807, 2.05) is 0 Å². The largest absolute Gasteiger partial charge is 0.411 e. The summed E-state index contributed by atoms with van der Waals surface area (Å²) in [4.78, 5) is 0. The van der Waals surface area contributed by atoms with Gasteiger partial charge < -0.3 is 5.21 Å². The predicted octanol–water partition coefficient (Wildman–Crippen LogP) is 5.25. The Kier molecular flexibility index (Phi) is 3.17. The molecule has 0 aromatic rings. The smallest absolute Gasteiger partial charge is 0.0632 e. The lowest BCUT2D eigenvalue weighted by Crippen LogP contribution is -2.52. The first-order chi connectivity index (χ1) is 10.1. The standard InChI is InChI=1S/C19H31NO/c1-18-11-4-3-5-13(18)6-7-14-15-8-9-17(20-21)19(15,2)12-10-16(14)18/h13-16,21H,3-12H2,1-2H3/t13-,14?,15?,16?,18+,19+/m1/s1. The number of hydrogen-bond donors (Lipinski definition) is 1. The molecule has 4 aliphatic carbocycles. The molecule has 0 amide bonds. The second kappa shape index (κ2) is 4.73. The van der Waals surface area contributed by atoms with Gasteiger partial charge in [-0.2, -0.15) is 0 Å². The van der Waals surface area contributed by atoms with Crippen LogP contribution in [0.25, 0.3) is 0 Å². The molecule has 0 saturated heterocycles. The van der Waals surface area contributed by atoms with Crippen molar-refractivity contribution in [2.24, 2.45) is 39.7 Å². The van der Waals surface area contributed by atoms with Gasteiger partial charge in [0, 0.05) is 5.41 Å². The van der Waals surface area contributed by atoms with Gasteiger partial charge in [0.2, 0.25) is 0 Å². The molecule has 0 radical (unpaired) electrons. The van der Waals surface area contributed by atoms with E-state index in [4.69, 9.17) is 0 Å². The summed E-state index contributed by atoms with van der Waals surface area (Å²) >= 11 is 0. The predicted molar refractivity (Wildman–Crippen MR) is 85.6 cm³/mol. The van der Waals surface area contributed by atoms with Crippen LogP contribution in [-0.2, 0) is 0 Å². The molecule has 0 aliphatic heterocycles. The Labute approximate surface area is 129 Å². The number of oxime groups is 1. The molecule has 3 unspecified atom stereocenters. The molecule has 4 aliphatic rings. The van der Waals surface area contributed by atoms with Crippen molar-refractivity contribution in [2.75, 3.05) is 0 Å². The number of rotatable bonds is 0. The summed E-state index contributed by atoms with van der Waals surface area (Å²) in [5, 5.41) is 13.1. The van der Waals surface area contributed by atoms with E-state index in [0.29, 0.717) is 5.41 Å². The van der Waals surface area contributed by atoms with Crippen molar-refractivity contribution in [2.45, 2.75) is 78.1 Å². The fourth-order valence-corrected chi connectivity index (χ4v) is 7.25. The van der Waals surface area contributed by atoms with E-state index >= 15 is 0 Å². The first kappa shape index (κ1) is 14.1. The maximum Gasteiger partial charge on any atom is 0.0632 e. The lowest BCUT2D eigenvalue weighted by atomic mass is 9.45. The van der Waals surface area contributed by atoms with E-state index < -0.39 is 0 Å². The quantitative estimate of drug-likeness (QED) is 0.479. The van der Waals surface area contributed by atoms with Crippen LogP contribution in [0, 0.1) is 34.5 Å². The monoisotopic (exact) mass is 289 g/mol. The molecule has 0 aromatic heterocycles. The van der Waals surface area contributed by atoms with E-state index in [-0.39, 0.29) is 5.41 Å². The van der Waals surface area contributed by atoms with Crippen LogP contribution in [0.1, 0.15) is 78.1 Å². The van der Waals surface area contributed by atoms with Crippen LogP contribution in [0.3, 0.4) is 0 Å². The van der Waals surface area contributed by atoms with Crippen LogP contribution in [0.5, 0.6) is 0 Å². The normalized spacial score (nSPS) is 54.9. The van der Waals surface area contributed by atoms with E-state index in [1.54, 1.807) is 0 Å². The summed E-state index contributed by atoms with van der Waals surface area (Å²) in [5.41, 5.74) is 1.96. The molecule has 4 rings (SSSR count). The second-order valence-corrected chi connectivity index (χ2v) is 8.94. The highest BCUT2D eigenvalue weighted by Gasteiger charge is 2.59. The average molecular weight is 289 g/mol. The van der Waals surface area contributed by atoms with Crippen molar-refractivity contribution in [3.63, 3.8) is 0 Å². The molecule has 6 atom stereocenters. The van der Waals surface area contributed by atoms with E-state index in [9.17, 15) is 5.21 Å². The lowest BCUT2D eigenvalue weighted by Gasteiger charge is -2.59. The SMILES string of the molecule is C[C@]12CCC3C(CC[C@H]4CCCC[C@]34C)C1CCC2=NO. The van der Waals surface area contributed by atoms with Gasteiger partial charge in [0.05, 0.1) is 5.71 Å². The van der Waals surface area contributed by atoms with Gasteiger partial charge in [0.15, 0.2) is 0 Å². The Morgan fingerprint density at radius 2 is 1.81 bits per heavy atom. The fourth-order valence-electron chi connectivity index (χ4n) is 7.25. The van der Waals surface area contributed by atoms with Gasteiger partial charge in [-0.3, -0.25) is 0 Å². The molecule has 118 valence electrons. The third kappa shape index (κ3) is 1.80. The zero-order chi connectivity index (χ0) is 14.7. The molecule has 2 nitrogen and oxygen atoms in total. The van der Waals surface area contributed by atoms with Crippen molar-refractivity contribution in [1.82, 2.24) is 0 Å². The Bertz CT molecular complexity index is 458. The summed E-state index contributed by atoms with van der Waals surface area (Å²) in [6.07, 6.45) is 13.8. The Hall–Kier alpha value is -0.530. The highest BCUT2D eigenvalue weighted by Crippen LogP contribution is 2.65. The van der Waals surface area contributed by atoms with Gasteiger partial charge in [-0.1, -0.05) is 31.8 Å². The molecule has 2 heteroatoms. The van der Waals surface area contributed by atoms with Gasteiger partial charge >= 0.3 is 0 Å². The van der Waals surface area contributed by atoms with Crippen LogP contribution in [0.2, 0.25) is 0 Å². The zero-order valence-corrected chi connectivity index (χ0v) is 13.8. The second-order valence-electron chi connectivity index (χ2n) is 8.94. The maximum atomic E-state index is 9.39. The summed E-state index contributed by atoms with van der Waals surface area (Å²) in [7, 11) is 0. The molecule has 0 heterocycles. The van der Waals surface area contributed by atoms with E-state index in [0.717, 1.165) is 35.8 Å². The van der Waals surface area contributed by atoms with E-state index in [2.05, 4.69) is 19.0 Å². The molecule has 0 aromatic carbocycles. The van der Waals surface area contributed by atoms with Crippen LogP contribution in [0.15, 0.2) is 5.16 Å². The maximum absolute atomic E-state index is 9.39. The summed E-state index contributed by atoms with van der Waals surface area (Å²) in [6, 6.07) is 0. The van der Waals surface area contributed by atoms with Gasteiger partial charge in [0.25, 0.3) is 0 Å². The summed E-state index contributed by atoms with van der Waals surface area (Å²) < 4.78 is 0. The molecule has 4 saturated carbocycles.